The fourth-order valence-electron chi connectivity index (χ4n) is 3.21. The minimum Gasteiger partial charge on any atom is -0.444 e. The Morgan fingerprint density at radius 2 is 1.38 bits per heavy atom. The maximum Gasteiger partial charge on any atom is 0.407 e. The molecule has 29 heavy (non-hydrogen) atoms. The van der Waals surface area contributed by atoms with Gasteiger partial charge in [-0.2, -0.15) is 0 Å². The van der Waals surface area contributed by atoms with E-state index in [0.717, 1.165) is 6.42 Å². The van der Waals surface area contributed by atoms with E-state index in [9.17, 15) is 14.7 Å². The predicted octanol–water partition coefficient (Wildman–Crippen LogP) is 4.48. The molecule has 7 nitrogen and oxygen atoms in total. The number of carbonyl (C=O) groups is 2. The molecular formula is C22H44N2O5. The third-order valence-corrected chi connectivity index (χ3v) is 4.43. The van der Waals surface area contributed by atoms with Crippen LogP contribution in [0.1, 0.15) is 82.1 Å². The quantitative estimate of drug-likeness (QED) is 0.515. The molecule has 3 N–H and O–H groups in total. The van der Waals surface area contributed by atoms with Crippen molar-refractivity contribution in [1.29, 1.82) is 0 Å². The molecule has 0 heterocycles. The second kappa shape index (κ2) is 11.0. The second-order valence-corrected chi connectivity index (χ2v) is 10.9. The highest BCUT2D eigenvalue weighted by Gasteiger charge is 2.32. The number of ether oxygens (including phenoxy) is 2. The number of rotatable bonds is 9. The molecule has 7 heteroatoms. The van der Waals surface area contributed by atoms with Gasteiger partial charge in [-0.1, -0.05) is 27.7 Å². The third-order valence-electron chi connectivity index (χ3n) is 4.43. The summed E-state index contributed by atoms with van der Waals surface area (Å²) in [5.74, 6) is 0.00871. The number of amides is 2. The summed E-state index contributed by atoms with van der Waals surface area (Å²) in [7, 11) is 0. The van der Waals surface area contributed by atoms with Crippen molar-refractivity contribution in [2.75, 3.05) is 13.2 Å². The Morgan fingerprint density at radius 1 is 0.897 bits per heavy atom. The van der Waals surface area contributed by atoms with Gasteiger partial charge in [0.25, 0.3) is 0 Å². The topological polar surface area (TPSA) is 96.9 Å². The molecule has 0 saturated carbocycles. The van der Waals surface area contributed by atoms with Gasteiger partial charge in [-0.25, -0.2) is 9.59 Å². The maximum absolute atomic E-state index is 12.2. The van der Waals surface area contributed by atoms with E-state index in [-0.39, 0.29) is 29.9 Å². The van der Waals surface area contributed by atoms with Crippen LogP contribution in [0.15, 0.2) is 0 Å². The monoisotopic (exact) mass is 416 g/mol. The van der Waals surface area contributed by atoms with E-state index in [0.29, 0.717) is 13.0 Å². The number of carbonyl (C=O) groups excluding carboxylic acids is 2. The van der Waals surface area contributed by atoms with Crippen molar-refractivity contribution in [3.63, 3.8) is 0 Å². The highest BCUT2D eigenvalue weighted by molar-refractivity contribution is 5.68. The smallest absolute Gasteiger partial charge is 0.407 e. The summed E-state index contributed by atoms with van der Waals surface area (Å²) < 4.78 is 10.6. The van der Waals surface area contributed by atoms with Crippen LogP contribution in [0, 0.1) is 17.3 Å². The summed E-state index contributed by atoms with van der Waals surface area (Å²) in [5.41, 5.74) is -1.25. The maximum atomic E-state index is 12.2. The second-order valence-electron chi connectivity index (χ2n) is 10.9. The minimum absolute atomic E-state index is 0.0401. The normalized spacial score (nSPS) is 14.9. The Hall–Kier alpha value is -1.50. The van der Waals surface area contributed by atoms with Gasteiger partial charge >= 0.3 is 12.2 Å². The van der Waals surface area contributed by atoms with Gasteiger partial charge in [0, 0.05) is 25.1 Å². The lowest BCUT2D eigenvalue weighted by Gasteiger charge is -2.36. The van der Waals surface area contributed by atoms with Crippen LogP contribution in [0.4, 0.5) is 9.59 Å². The first-order valence-corrected chi connectivity index (χ1v) is 10.5. The van der Waals surface area contributed by atoms with Gasteiger partial charge in [0.1, 0.15) is 11.2 Å². The van der Waals surface area contributed by atoms with Gasteiger partial charge in [0.05, 0.1) is 0 Å². The van der Waals surface area contributed by atoms with E-state index in [1.165, 1.54) is 0 Å². The van der Waals surface area contributed by atoms with Crippen molar-refractivity contribution in [2.45, 2.75) is 99.3 Å². The average Bonchev–Trinajstić information content (AvgIpc) is 2.46. The van der Waals surface area contributed by atoms with Crippen molar-refractivity contribution in [3.05, 3.63) is 0 Å². The summed E-state index contributed by atoms with van der Waals surface area (Å²) in [4.78, 5) is 24.1. The third kappa shape index (κ3) is 13.4. The van der Waals surface area contributed by atoms with Crippen LogP contribution in [-0.4, -0.2) is 47.7 Å². The molecule has 1 unspecified atom stereocenters. The van der Waals surface area contributed by atoms with E-state index in [2.05, 4.69) is 24.5 Å². The molecule has 0 aliphatic rings. The fraction of sp³-hybridized carbons (Fsp3) is 0.909. The lowest BCUT2D eigenvalue weighted by atomic mass is 9.75. The van der Waals surface area contributed by atoms with Gasteiger partial charge < -0.3 is 25.2 Å². The highest BCUT2D eigenvalue weighted by Crippen LogP contribution is 2.32. The molecule has 2 amide bonds. The zero-order valence-electron chi connectivity index (χ0n) is 20.1. The summed E-state index contributed by atoms with van der Waals surface area (Å²) in [6.45, 7) is 19.6. The summed E-state index contributed by atoms with van der Waals surface area (Å²) in [6.07, 6.45) is 0.510. The molecular weight excluding hydrogens is 372 g/mol. The first kappa shape index (κ1) is 27.5. The van der Waals surface area contributed by atoms with Crippen molar-refractivity contribution in [2.24, 2.45) is 17.3 Å². The van der Waals surface area contributed by atoms with Gasteiger partial charge in [-0.3, -0.25) is 0 Å². The zero-order chi connectivity index (χ0) is 23.0. The lowest BCUT2D eigenvalue weighted by molar-refractivity contribution is 0.0403. The Bertz CT molecular complexity index is 518. The Kier molecular flexibility index (Phi) is 10.5. The molecule has 0 aromatic rings. The van der Waals surface area contributed by atoms with E-state index < -0.39 is 23.4 Å². The first-order valence-electron chi connectivity index (χ1n) is 10.5. The van der Waals surface area contributed by atoms with Gasteiger partial charge in [-0.05, 0) is 65.7 Å². The van der Waals surface area contributed by atoms with E-state index >= 15 is 0 Å². The number of hydrogen-bond donors (Lipinski definition) is 3. The molecule has 0 aromatic carbocycles. The van der Waals surface area contributed by atoms with Crippen LogP contribution >= 0.6 is 0 Å². The Labute approximate surface area is 177 Å². The predicted molar refractivity (Wildman–Crippen MR) is 116 cm³/mol. The SMILES string of the molecule is CC(C)[C@@H](NC(=O)OC(C)(C)C)C(CO)CC(C)(C)CCNC(=O)OC(C)(C)C. The van der Waals surface area contributed by atoms with E-state index in [4.69, 9.17) is 9.47 Å². The molecule has 0 saturated heterocycles. The average molecular weight is 417 g/mol. The first-order chi connectivity index (χ1) is 13.0. The fourth-order valence-corrected chi connectivity index (χ4v) is 3.21. The van der Waals surface area contributed by atoms with Gasteiger partial charge in [0.15, 0.2) is 0 Å². The molecule has 0 bridgehead atoms. The van der Waals surface area contributed by atoms with Crippen LogP contribution in [0.2, 0.25) is 0 Å². The molecule has 2 atom stereocenters. The van der Waals surface area contributed by atoms with E-state index in [1.54, 1.807) is 0 Å². The largest absolute Gasteiger partial charge is 0.444 e. The zero-order valence-corrected chi connectivity index (χ0v) is 20.1. The Morgan fingerprint density at radius 3 is 1.79 bits per heavy atom. The van der Waals surface area contributed by atoms with Crippen LogP contribution in [0.5, 0.6) is 0 Å². The van der Waals surface area contributed by atoms with Crippen LogP contribution in [0.3, 0.4) is 0 Å². The minimum atomic E-state index is -0.576. The molecule has 0 radical (unpaired) electrons. The van der Waals surface area contributed by atoms with Crippen LogP contribution in [0.25, 0.3) is 0 Å². The Balaban J connectivity index is 4.86. The van der Waals surface area contributed by atoms with Crippen LogP contribution < -0.4 is 10.6 Å². The van der Waals surface area contributed by atoms with Crippen LogP contribution in [-0.2, 0) is 9.47 Å². The summed E-state index contributed by atoms with van der Waals surface area (Å²) >= 11 is 0. The molecule has 172 valence electrons. The summed E-state index contributed by atoms with van der Waals surface area (Å²) in [5, 5.41) is 15.7. The van der Waals surface area contributed by atoms with E-state index in [1.807, 2.05) is 55.4 Å². The van der Waals surface area contributed by atoms with Crippen molar-refractivity contribution >= 4 is 12.2 Å². The number of nitrogens with one attached hydrogen (secondary N) is 2. The molecule has 0 aromatic heterocycles. The molecule has 0 aliphatic carbocycles. The molecule has 0 spiro atoms. The number of aliphatic hydroxyl groups is 1. The highest BCUT2D eigenvalue weighted by atomic mass is 16.6. The molecule has 0 aliphatic heterocycles. The van der Waals surface area contributed by atoms with Crippen molar-refractivity contribution in [1.82, 2.24) is 10.6 Å². The van der Waals surface area contributed by atoms with Gasteiger partial charge in [0.2, 0.25) is 0 Å². The number of aliphatic hydroxyl groups excluding tert-OH is 1. The number of hydrogen-bond acceptors (Lipinski definition) is 5. The van der Waals surface area contributed by atoms with Gasteiger partial charge in [-0.15, -0.1) is 0 Å². The lowest BCUT2D eigenvalue weighted by Crippen LogP contribution is -2.48. The van der Waals surface area contributed by atoms with Crippen molar-refractivity contribution < 1.29 is 24.2 Å². The standard InChI is InChI=1S/C22H44N2O5/c1-15(2)17(24-19(27)29-21(6,7)8)16(14-25)13-22(9,10)11-12-23-18(26)28-20(3,4)5/h15-17,25H,11-14H2,1-10H3,(H,23,26)(H,24,27)/t16?,17-/m1/s1. The number of alkyl carbamates (subject to hydrolysis) is 2. The summed E-state index contributed by atoms with van der Waals surface area (Å²) in [6, 6.07) is -0.215. The molecule has 0 fully saturated rings. The molecule has 0 rings (SSSR count). The van der Waals surface area contributed by atoms with Crippen molar-refractivity contribution in [3.8, 4) is 0 Å².